The van der Waals surface area contributed by atoms with Crippen LogP contribution in [0.3, 0.4) is 0 Å². The molecule has 4 rings (SSSR count). The van der Waals surface area contributed by atoms with Gasteiger partial charge in [-0.15, -0.1) is 11.3 Å². The lowest BCUT2D eigenvalue weighted by Crippen LogP contribution is -2.39. The largest absolute Gasteiger partial charge is 0.376 e. The van der Waals surface area contributed by atoms with E-state index < -0.39 is 0 Å². The molecule has 1 aromatic carbocycles. The maximum atomic E-state index is 12.8. The Kier molecular flexibility index (Phi) is 5.91. The van der Waals surface area contributed by atoms with E-state index in [9.17, 15) is 4.79 Å². The van der Waals surface area contributed by atoms with E-state index >= 15 is 0 Å². The maximum absolute atomic E-state index is 12.8. The summed E-state index contributed by atoms with van der Waals surface area (Å²) in [7, 11) is 0. The molecule has 2 aromatic heterocycles. The highest BCUT2D eigenvalue weighted by Gasteiger charge is 2.19. The van der Waals surface area contributed by atoms with Crippen LogP contribution in [0.15, 0.2) is 40.5 Å². The molecule has 8 heteroatoms. The minimum absolute atomic E-state index is 0.101. The Morgan fingerprint density at radius 1 is 1.29 bits per heavy atom. The van der Waals surface area contributed by atoms with Crippen LogP contribution >= 0.6 is 23.1 Å². The third kappa shape index (κ3) is 4.05. The normalized spacial score (nSPS) is 17.0. The zero-order chi connectivity index (χ0) is 19.5. The lowest BCUT2D eigenvalue weighted by molar-refractivity contribution is -0.0855. The number of ether oxygens (including phenoxy) is 2. The summed E-state index contributed by atoms with van der Waals surface area (Å²) in [4.78, 5) is 24.7. The predicted molar refractivity (Wildman–Crippen MR) is 110 cm³/mol. The molecule has 146 valence electrons. The first-order chi connectivity index (χ1) is 13.6. The molecule has 1 amide bonds. The Hall–Kier alpha value is -2.00. The van der Waals surface area contributed by atoms with Gasteiger partial charge in [0.05, 0.1) is 31.5 Å². The summed E-state index contributed by atoms with van der Waals surface area (Å²) in [5, 5.41) is 4.90. The zero-order valence-corrected chi connectivity index (χ0v) is 17.4. The molecule has 0 radical (unpaired) electrons. The van der Waals surface area contributed by atoms with E-state index in [0.29, 0.717) is 31.9 Å². The average molecular weight is 416 g/mol. The minimum Gasteiger partial charge on any atom is -0.376 e. The van der Waals surface area contributed by atoms with E-state index in [-0.39, 0.29) is 12.0 Å². The summed E-state index contributed by atoms with van der Waals surface area (Å²) < 4.78 is 11.0. The molecule has 3 heterocycles. The van der Waals surface area contributed by atoms with Crippen molar-refractivity contribution in [3.8, 4) is 0 Å². The smallest absolute Gasteiger partial charge is 0.252 e. The van der Waals surface area contributed by atoms with Crippen molar-refractivity contribution >= 4 is 39.2 Å². The Labute approximate surface area is 171 Å². The first-order valence-corrected chi connectivity index (χ1v) is 10.7. The second-order valence-corrected chi connectivity index (χ2v) is 8.75. The number of aryl methyl sites for hydroxylation is 2. The van der Waals surface area contributed by atoms with Crippen LogP contribution in [0.5, 0.6) is 0 Å². The summed E-state index contributed by atoms with van der Waals surface area (Å²) in [6, 6.07) is 7.58. The number of benzene rings is 1. The monoisotopic (exact) mass is 415 g/mol. The van der Waals surface area contributed by atoms with Crippen LogP contribution < -0.4 is 5.32 Å². The molecule has 3 aromatic rings. The van der Waals surface area contributed by atoms with E-state index in [1.807, 2.05) is 24.3 Å². The Morgan fingerprint density at radius 3 is 2.96 bits per heavy atom. The molecular weight excluding hydrogens is 394 g/mol. The topological polar surface area (TPSA) is 73.3 Å². The molecule has 1 atom stereocenters. The number of hydrogen-bond acceptors (Lipinski definition) is 7. The van der Waals surface area contributed by atoms with E-state index in [4.69, 9.17) is 9.47 Å². The Balaban J connectivity index is 1.56. The SMILES string of the molecule is Cc1sc2ncnc(Sc3ccccc3C(=O)NC[C@H]3COCCO3)c2c1C. The molecule has 0 spiro atoms. The van der Waals surface area contributed by atoms with Gasteiger partial charge in [0.25, 0.3) is 5.91 Å². The van der Waals surface area contributed by atoms with Crippen molar-refractivity contribution in [1.29, 1.82) is 0 Å². The Morgan fingerprint density at radius 2 is 2.14 bits per heavy atom. The Bertz CT molecular complexity index is 1000. The molecule has 1 aliphatic heterocycles. The van der Waals surface area contributed by atoms with E-state index in [1.54, 1.807) is 17.7 Å². The molecule has 0 bridgehead atoms. The number of carbonyl (C=O) groups is 1. The van der Waals surface area contributed by atoms with Gasteiger partial charge >= 0.3 is 0 Å². The maximum Gasteiger partial charge on any atom is 0.252 e. The minimum atomic E-state index is -0.124. The molecule has 1 aliphatic rings. The third-order valence-electron chi connectivity index (χ3n) is 4.64. The molecule has 1 fully saturated rings. The number of rotatable bonds is 5. The molecule has 1 saturated heterocycles. The number of hydrogen-bond donors (Lipinski definition) is 1. The number of thiophene rings is 1. The van der Waals surface area contributed by atoms with Crippen LogP contribution in [0, 0.1) is 13.8 Å². The molecule has 0 saturated carbocycles. The predicted octanol–water partition coefficient (Wildman–Crippen LogP) is 3.60. The lowest BCUT2D eigenvalue weighted by Gasteiger charge is -2.23. The molecule has 0 aliphatic carbocycles. The van der Waals surface area contributed by atoms with Gasteiger partial charge in [0, 0.05) is 21.7 Å². The number of amides is 1. The fourth-order valence-corrected chi connectivity index (χ4v) is 5.17. The van der Waals surface area contributed by atoms with Gasteiger partial charge < -0.3 is 14.8 Å². The summed E-state index contributed by atoms with van der Waals surface area (Å²) in [6.45, 7) is 6.29. The van der Waals surface area contributed by atoms with Crippen molar-refractivity contribution in [2.75, 3.05) is 26.4 Å². The molecule has 0 unspecified atom stereocenters. The van der Waals surface area contributed by atoms with Crippen molar-refractivity contribution in [2.45, 2.75) is 29.9 Å². The molecule has 6 nitrogen and oxygen atoms in total. The van der Waals surface area contributed by atoms with Gasteiger partial charge in [0.15, 0.2) is 0 Å². The molecular formula is C20H21N3O3S2. The third-order valence-corrected chi connectivity index (χ3v) is 6.84. The van der Waals surface area contributed by atoms with Crippen LogP contribution in [-0.4, -0.2) is 48.3 Å². The van der Waals surface area contributed by atoms with Crippen molar-refractivity contribution in [1.82, 2.24) is 15.3 Å². The number of nitrogens with one attached hydrogen (secondary N) is 1. The second kappa shape index (κ2) is 8.57. The summed E-state index contributed by atoms with van der Waals surface area (Å²) in [5.41, 5.74) is 1.82. The molecule has 28 heavy (non-hydrogen) atoms. The fraction of sp³-hybridized carbons (Fsp3) is 0.350. The van der Waals surface area contributed by atoms with Gasteiger partial charge in [-0.05, 0) is 31.5 Å². The van der Waals surface area contributed by atoms with Crippen LogP contribution in [0.25, 0.3) is 10.2 Å². The van der Waals surface area contributed by atoms with Crippen LogP contribution in [0.1, 0.15) is 20.8 Å². The van der Waals surface area contributed by atoms with Crippen molar-refractivity contribution in [2.24, 2.45) is 0 Å². The first kappa shape index (κ1) is 19.3. The van der Waals surface area contributed by atoms with Gasteiger partial charge in [-0.2, -0.15) is 0 Å². The fourth-order valence-electron chi connectivity index (χ4n) is 3.03. The van der Waals surface area contributed by atoms with Gasteiger partial charge in [0.2, 0.25) is 0 Å². The van der Waals surface area contributed by atoms with Crippen molar-refractivity contribution < 1.29 is 14.3 Å². The summed E-state index contributed by atoms with van der Waals surface area (Å²) >= 11 is 3.17. The van der Waals surface area contributed by atoms with Crippen LogP contribution in [0.2, 0.25) is 0 Å². The number of fused-ring (bicyclic) bond motifs is 1. The highest BCUT2D eigenvalue weighted by Crippen LogP contribution is 2.38. The standard InChI is InChI=1S/C20H21N3O3S2/c1-12-13(2)27-19-17(12)20(23-11-22-19)28-16-6-4-3-5-15(16)18(24)21-9-14-10-25-7-8-26-14/h3-6,11,14H,7-10H2,1-2H3,(H,21,24)/t14-/m0/s1. The average Bonchev–Trinajstić information content (AvgIpc) is 3.02. The van der Waals surface area contributed by atoms with Crippen LogP contribution in [-0.2, 0) is 9.47 Å². The second-order valence-electron chi connectivity index (χ2n) is 6.52. The van der Waals surface area contributed by atoms with Crippen molar-refractivity contribution in [3.05, 3.63) is 46.6 Å². The highest BCUT2D eigenvalue weighted by molar-refractivity contribution is 7.99. The summed E-state index contributed by atoms with van der Waals surface area (Å²) in [5.74, 6) is -0.124. The van der Waals surface area contributed by atoms with Gasteiger partial charge in [-0.1, -0.05) is 23.9 Å². The zero-order valence-electron chi connectivity index (χ0n) is 15.7. The molecule has 1 N–H and O–H groups in total. The number of carbonyl (C=O) groups excluding carboxylic acids is 1. The van der Waals surface area contributed by atoms with Gasteiger partial charge in [0.1, 0.15) is 16.2 Å². The van der Waals surface area contributed by atoms with E-state index in [0.717, 1.165) is 20.1 Å². The number of nitrogens with zero attached hydrogens (tertiary/aromatic N) is 2. The number of aromatic nitrogens is 2. The van der Waals surface area contributed by atoms with E-state index in [2.05, 4.69) is 29.1 Å². The first-order valence-electron chi connectivity index (χ1n) is 9.08. The van der Waals surface area contributed by atoms with Gasteiger partial charge in [-0.3, -0.25) is 4.79 Å². The highest BCUT2D eigenvalue weighted by atomic mass is 32.2. The quantitative estimate of drug-likeness (QED) is 0.642. The lowest BCUT2D eigenvalue weighted by atomic mass is 10.2. The van der Waals surface area contributed by atoms with E-state index in [1.165, 1.54) is 22.2 Å². The van der Waals surface area contributed by atoms with Gasteiger partial charge in [-0.25, -0.2) is 9.97 Å². The summed E-state index contributed by atoms with van der Waals surface area (Å²) in [6.07, 6.45) is 1.49. The van der Waals surface area contributed by atoms with Crippen LogP contribution in [0.4, 0.5) is 0 Å². The van der Waals surface area contributed by atoms with Crippen molar-refractivity contribution in [3.63, 3.8) is 0 Å².